The minimum atomic E-state index is -1.29. The van der Waals surface area contributed by atoms with Crippen LogP contribution in [0.3, 0.4) is 0 Å². The molecule has 4 aliphatic carbocycles. The molecule has 6 atom stereocenters. The number of carbonyl (C=O) groups is 3. The number of benzene rings is 1. The normalized spacial score (nSPS) is 30.8. The van der Waals surface area contributed by atoms with Gasteiger partial charge in [-0.05, 0) is 84.7 Å². The third-order valence-corrected chi connectivity index (χ3v) is 9.81. The van der Waals surface area contributed by atoms with E-state index >= 15 is 0 Å². The monoisotopic (exact) mass is 517 g/mol. The van der Waals surface area contributed by atoms with Gasteiger partial charge in [0.15, 0.2) is 0 Å². The predicted molar refractivity (Wildman–Crippen MR) is 136 cm³/mol. The summed E-state index contributed by atoms with van der Waals surface area (Å²) < 4.78 is 0. The summed E-state index contributed by atoms with van der Waals surface area (Å²) in [5, 5.41) is 12.8. The van der Waals surface area contributed by atoms with Crippen LogP contribution < -0.4 is 22.3 Å². The van der Waals surface area contributed by atoms with E-state index < -0.39 is 35.7 Å². The van der Waals surface area contributed by atoms with Crippen molar-refractivity contribution < 1.29 is 19.5 Å². The molecule has 10 heteroatoms. The SMILES string of the molecule is NC(=O)C[C@H](NC(=O)c1cc2c([nH]c1=O)C[C@]13CC4C(c5ccc(O)cc51)N(CC1CC1)[C@H]4[C@@H]3C2)C(N)=O. The number of hydrogen-bond donors (Lipinski definition) is 5. The van der Waals surface area contributed by atoms with Crippen molar-refractivity contribution in [1.82, 2.24) is 15.2 Å². The van der Waals surface area contributed by atoms with Gasteiger partial charge in [0, 0.05) is 29.7 Å². The summed E-state index contributed by atoms with van der Waals surface area (Å²) in [5.74, 6) is -0.583. The second-order valence-corrected chi connectivity index (χ2v) is 12.0. The van der Waals surface area contributed by atoms with Gasteiger partial charge in [0.25, 0.3) is 11.5 Å². The number of rotatable bonds is 7. The average molecular weight is 518 g/mol. The molecule has 0 radical (unpaired) electrons. The lowest BCUT2D eigenvalue weighted by atomic mass is 9.61. The first-order valence-electron chi connectivity index (χ1n) is 13.4. The van der Waals surface area contributed by atoms with Crippen molar-refractivity contribution in [3.05, 3.63) is 62.6 Å². The number of phenolic OH excluding ortho intramolecular Hbond substituents is 1. The molecule has 1 aromatic heterocycles. The van der Waals surface area contributed by atoms with E-state index in [4.69, 9.17) is 11.5 Å². The molecule has 7 N–H and O–H groups in total. The maximum absolute atomic E-state index is 13.0. The van der Waals surface area contributed by atoms with Crippen LogP contribution in [0.1, 0.15) is 64.5 Å². The highest BCUT2D eigenvalue weighted by molar-refractivity contribution is 5.98. The lowest BCUT2D eigenvalue weighted by Crippen LogP contribution is -2.58. The number of nitrogens with one attached hydrogen (secondary N) is 2. The first kappa shape index (κ1) is 23.5. The number of primary amides is 2. The highest BCUT2D eigenvalue weighted by Crippen LogP contribution is 2.70. The van der Waals surface area contributed by atoms with Gasteiger partial charge < -0.3 is 26.9 Å². The molecule has 1 aromatic carbocycles. The maximum atomic E-state index is 13.0. The molecule has 10 nitrogen and oxygen atoms in total. The van der Waals surface area contributed by atoms with Crippen molar-refractivity contribution in [3.8, 4) is 5.75 Å². The number of aromatic nitrogens is 1. The first-order chi connectivity index (χ1) is 18.2. The standard InChI is InChI=1S/C28H31N5O5/c29-22(35)8-20(25(30)36)31-26(37)16-5-13-6-19-24-17-9-28(19,10-21(13)32-27(16)38)18-7-14(34)3-4-15(18)23(17)33(24)11-12-1-2-12/h3-5,7,12,17,19-20,23-24,34H,1-2,6,8-11H2,(H2,29,35)(H2,30,36)(H,31,37)(H,32,38)/t17?,19-,20-,23?,24+,28+/m0/s1. The van der Waals surface area contributed by atoms with E-state index in [0.717, 1.165) is 30.1 Å². The minimum Gasteiger partial charge on any atom is -0.508 e. The topological polar surface area (TPSA) is 172 Å². The van der Waals surface area contributed by atoms with Crippen molar-refractivity contribution in [2.75, 3.05) is 6.54 Å². The minimum absolute atomic E-state index is 0.115. The highest BCUT2D eigenvalue weighted by atomic mass is 16.3. The maximum Gasteiger partial charge on any atom is 0.261 e. The lowest BCUT2D eigenvalue weighted by molar-refractivity contribution is -0.124. The lowest BCUT2D eigenvalue weighted by Gasteiger charge is -2.55. The van der Waals surface area contributed by atoms with Crippen LogP contribution in [-0.2, 0) is 27.8 Å². The predicted octanol–water partition coefficient (Wildman–Crippen LogP) is 0.361. The third kappa shape index (κ3) is 3.28. The van der Waals surface area contributed by atoms with Gasteiger partial charge in [-0.25, -0.2) is 0 Å². The summed E-state index contributed by atoms with van der Waals surface area (Å²) in [4.78, 5) is 54.7. The van der Waals surface area contributed by atoms with Crippen LogP contribution in [0.2, 0.25) is 0 Å². The zero-order chi connectivity index (χ0) is 26.5. The molecule has 2 aliphatic heterocycles. The number of phenols is 1. The van der Waals surface area contributed by atoms with Crippen LogP contribution in [-0.4, -0.2) is 51.3 Å². The van der Waals surface area contributed by atoms with E-state index in [-0.39, 0.29) is 16.7 Å². The van der Waals surface area contributed by atoms with Gasteiger partial charge in [-0.15, -0.1) is 0 Å². The Morgan fingerprint density at radius 2 is 2.00 bits per heavy atom. The summed E-state index contributed by atoms with van der Waals surface area (Å²) in [5.41, 5.74) is 13.9. The zero-order valence-corrected chi connectivity index (χ0v) is 20.9. The molecular formula is C28H31N5O5. The van der Waals surface area contributed by atoms with Crippen LogP contribution in [0.15, 0.2) is 29.1 Å². The molecule has 3 fully saturated rings. The molecule has 1 saturated heterocycles. The first-order valence-corrected chi connectivity index (χ1v) is 13.4. The van der Waals surface area contributed by atoms with E-state index in [0.29, 0.717) is 36.8 Å². The number of carbonyl (C=O) groups excluding carboxylic acids is 3. The van der Waals surface area contributed by atoms with Crippen molar-refractivity contribution in [1.29, 1.82) is 0 Å². The molecule has 8 rings (SSSR count). The molecule has 2 aromatic rings. The van der Waals surface area contributed by atoms with E-state index in [1.165, 1.54) is 24.0 Å². The van der Waals surface area contributed by atoms with Crippen LogP contribution in [0.4, 0.5) is 0 Å². The second kappa shape index (κ2) is 7.92. The third-order valence-electron chi connectivity index (χ3n) is 9.81. The quantitative estimate of drug-likeness (QED) is 0.355. The van der Waals surface area contributed by atoms with E-state index in [2.05, 4.69) is 21.3 Å². The van der Waals surface area contributed by atoms with E-state index in [1.807, 2.05) is 6.07 Å². The number of nitrogens with zero attached hydrogens (tertiary/aromatic N) is 1. The van der Waals surface area contributed by atoms with Gasteiger partial charge in [-0.1, -0.05) is 6.07 Å². The second-order valence-electron chi connectivity index (χ2n) is 12.0. The smallest absolute Gasteiger partial charge is 0.261 e. The van der Waals surface area contributed by atoms with Gasteiger partial charge in [0.1, 0.15) is 17.4 Å². The van der Waals surface area contributed by atoms with E-state index in [9.17, 15) is 24.3 Å². The average Bonchev–Trinajstić information content (AvgIpc) is 3.65. The van der Waals surface area contributed by atoms with Crippen LogP contribution in [0.25, 0.3) is 0 Å². The molecule has 2 unspecified atom stereocenters. The summed E-state index contributed by atoms with van der Waals surface area (Å²) in [7, 11) is 0. The molecule has 198 valence electrons. The number of hydrogen-bond acceptors (Lipinski definition) is 6. The largest absolute Gasteiger partial charge is 0.508 e. The number of aromatic hydroxyl groups is 1. The van der Waals surface area contributed by atoms with Gasteiger partial charge in [0.2, 0.25) is 11.8 Å². The number of H-pyrrole nitrogens is 1. The Labute approximate surface area is 218 Å². The Morgan fingerprint density at radius 1 is 1.21 bits per heavy atom. The van der Waals surface area contributed by atoms with Crippen LogP contribution in [0, 0.1) is 17.8 Å². The van der Waals surface area contributed by atoms with Crippen LogP contribution >= 0.6 is 0 Å². The van der Waals surface area contributed by atoms with Crippen molar-refractivity contribution >= 4 is 17.7 Å². The van der Waals surface area contributed by atoms with Crippen molar-refractivity contribution in [2.45, 2.75) is 62.1 Å². The summed E-state index contributed by atoms with van der Waals surface area (Å²) in [6.45, 7) is 1.10. The van der Waals surface area contributed by atoms with Crippen molar-refractivity contribution in [3.63, 3.8) is 0 Å². The van der Waals surface area contributed by atoms with Gasteiger partial charge >= 0.3 is 0 Å². The number of amides is 3. The molecular weight excluding hydrogens is 486 g/mol. The molecule has 6 aliphatic rings. The Bertz CT molecular complexity index is 1460. The number of fused-ring (bicyclic) bond motifs is 1. The Balaban J connectivity index is 1.26. The van der Waals surface area contributed by atoms with Gasteiger partial charge in [-0.3, -0.25) is 24.1 Å². The van der Waals surface area contributed by atoms with E-state index in [1.54, 1.807) is 12.1 Å². The van der Waals surface area contributed by atoms with Gasteiger partial charge in [0.05, 0.1) is 6.42 Å². The number of nitrogens with two attached hydrogens (primary N) is 2. The molecule has 4 bridgehead atoms. The van der Waals surface area contributed by atoms with Crippen LogP contribution in [0.5, 0.6) is 5.75 Å². The van der Waals surface area contributed by atoms with Gasteiger partial charge in [-0.2, -0.15) is 0 Å². The molecule has 3 heterocycles. The molecule has 38 heavy (non-hydrogen) atoms. The number of aromatic amines is 1. The highest BCUT2D eigenvalue weighted by Gasteiger charge is 2.69. The Kier molecular flexibility index (Phi) is 4.89. The summed E-state index contributed by atoms with van der Waals surface area (Å²) >= 11 is 0. The zero-order valence-electron chi connectivity index (χ0n) is 20.9. The number of pyridine rings is 1. The Morgan fingerprint density at radius 3 is 2.71 bits per heavy atom. The molecule has 0 spiro atoms. The fourth-order valence-corrected chi connectivity index (χ4v) is 8.16. The summed E-state index contributed by atoms with van der Waals surface area (Å²) in [6, 6.07) is 6.97. The molecule has 2 saturated carbocycles. The van der Waals surface area contributed by atoms with Crippen molar-refractivity contribution in [2.24, 2.45) is 29.2 Å². The fourth-order valence-electron chi connectivity index (χ4n) is 8.16. The molecule has 3 amide bonds. The Hall–Kier alpha value is -3.66. The summed E-state index contributed by atoms with van der Waals surface area (Å²) in [6.07, 6.45) is 4.50. The fraction of sp³-hybridized carbons (Fsp3) is 0.500.